The molecule has 1 heterocycles. The number of nitrogens with one attached hydrogen (secondary N) is 3. The fraction of sp³-hybridized carbons (Fsp3) is 0.636. The zero-order chi connectivity index (χ0) is 21.3. The summed E-state index contributed by atoms with van der Waals surface area (Å²) in [6.07, 6.45) is 2.04. The first-order chi connectivity index (χ1) is 13.8. The van der Waals surface area contributed by atoms with Gasteiger partial charge in [-0.05, 0) is 58.2 Å². The average molecular weight is 533 g/mol. The Balaban J connectivity index is 0.00000450. The molecule has 1 fully saturated rings. The first-order valence-electron chi connectivity index (χ1n) is 10.6. The number of carbonyl (C=O) groups is 1. The van der Waals surface area contributed by atoms with Gasteiger partial charge in [-0.15, -0.1) is 24.0 Å². The molecule has 6 nitrogen and oxygen atoms in total. The van der Waals surface area contributed by atoms with Crippen molar-refractivity contribution in [2.24, 2.45) is 10.4 Å². The molecule has 0 bridgehead atoms. The molecule has 30 heavy (non-hydrogen) atoms. The predicted molar refractivity (Wildman–Crippen MR) is 132 cm³/mol. The fourth-order valence-electron chi connectivity index (χ4n) is 3.35. The van der Waals surface area contributed by atoms with Crippen LogP contribution in [0.4, 0.5) is 4.39 Å². The number of nitrogens with zero attached hydrogens (tertiary/aromatic N) is 2. The maximum atomic E-state index is 13.1. The summed E-state index contributed by atoms with van der Waals surface area (Å²) in [5.74, 6) is 0.595. The Hall–Kier alpha value is -1.42. The minimum atomic E-state index is -0.545. The Bertz CT molecular complexity index is 673. The highest BCUT2D eigenvalue weighted by molar-refractivity contribution is 14.0. The summed E-state index contributed by atoms with van der Waals surface area (Å²) in [5, 5.41) is 9.69. The van der Waals surface area contributed by atoms with Gasteiger partial charge in [-0.2, -0.15) is 0 Å². The second kappa shape index (κ2) is 13.1. The molecule has 0 saturated carbocycles. The van der Waals surface area contributed by atoms with E-state index in [0.29, 0.717) is 19.1 Å². The molecule has 1 aromatic carbocycles. The van der Waals surface area contributed by atoms with Crippen molar-refractivity contribution in [2.75, 3.05) is 32.7 Å². The van der Waals surface area contributed by atoms with Crippen LogP contribution in [0.15, 0.2) is 29.3 Å². The van der Waals surface area contributed by atoms with E-state index in [1.807, 2.05) is 39.8 Å². The molecule has 1 aromatic rings. The highest BCUT2D eigenvalue weighted by Gasteiger charge is 2.27. The molecule has 0 spiro atoms. The quantitative estimate of drug-likeness (QED) is 0.273. The van der Waals surface area contributed by atoms with E-state index in [0.717, 1.165) is 50.5 Å². The Kier molecular flexibility index (Phi) is 11.6. The molecule has 1 saturated heterocycles. The van der Waals surface area contributed by atoms with Crippen LogP contribution in [-0.2, 0) is 11.3 Å². The maximum absolute atomic E-state index is 13.1. The average Bonchev–Trinajstić information content (AvgIpc) is 2.70. The lowest BCUT2D eigenvalue weighted by Gasteiger charge is -2.33. The topological polar surface area (TPSA) is 68.8 Å². The highest BCUT2D eigenvalue weighted by atomic mass is 127. The van der Waals surface area contributed by atoms with E-state index in [9.17, 15) is 9.18 Å². The molecule has 3 N–H and O–H groups in total. The van der Waals surface area contributed by atoms with Crippen LogP contribution < -0.4 is 16.0 Å². The number of rotatable bonds is 8. The number of piperidine rings is 1. The van der Waals surface area contributed by atoms with Gasteiger partial charge in [-0.25, -0.2) is 4.39 Å². The van der Waals surface area contributed by atoms with Gasteiger partial charge in [0, 0.05) is 38.8 Å². The van der Waals surface area contributed by atoms with Crippen LogP contribution in [0.25, 0.3) is 0 Å². The molecule has 1 aliphatic heterocycles. The third-order valence-corrected chi connectivity index (χ3v) is 5.18. The number of halogens is 2. The van der Waals surface area contributed by atoms with E-state index in [1.165, 1.54) is 12.1 Å². The second-order valence-electron chi connectivity index (χ2n) is 8.26. The normalized spacial score (nSPS) is 16.0. The van der Waals surface area contributed by atoms with Crippen LogP contribution >= 0.6 is 24.0 Å². The zero-order valence-corrected chi connectivity index (χ0v) is 21.0. The van der Waals surface area contributed by atoms with Gasteiger partial charge in [0.25, 0.3) is 0 Å². The fourth-order valence-corrected chi connectivity index (χ4v) is 3.35. The lowest BCUT2D eigenvalue weighted by atomic mass is 9.92. The van der Waals surface area contributed by atoms with E-state index in [-0.39, 0.29) is 35.7 Å². The summed E-state index contributed by atoms with van der Waals surface area (Å²) in [4.78, 5) is 19.2. The number of carbonyl (C=O) groups excluding carboxylic acids is 1. The van der Waals surface area contributed by atoms with Gasteiger partial charge < -0.3 is 16.0 Å². The van der Waals surface area contributed by atoms with E-state index in [2.05, 4.69) is 25.8 Å². The molecular formula is C22H37FIN5O. The third-order valence-electron chi connectivity index (χ3n) is 5.18. The van der Waals surface area contributed by atoms with Crippen molar-refractivity contribution in [3.8, 4) is 0 Å². The van der Waals surface area contributed by atoms with Crippen molar-refractivity contribution in [3.05, 3.63) is 35.6 Å². The molecule has 0 atom stereocenters. The Morgan fingerprint density at radius 1 is 1.13 bits per heavy atom. The van der Waals surface area contributed by atoms with Gasteiger partial charge in [-0.3, -0.25) is 14.7 Å². The Labute approximate surface area is 197 Å². The number of hydrogen-bond acceptors (Lipinski definition) is 3. The maximum Gasteiger partial charge on any atom is 0.227 e. The van der Waals surface area contributed by atoms with Gasteiger partial charge in [0.15, 0.2) is 5.96 Å². The third kappa shape index (κ3) is 8.75. The summed E-state index contributed by atoms with van der Waals surface area (Å²) in [6, 6.07) is 7.10. The smallest absolute Gasteiger partial charge is 0.227 e. The number of benzene rings is 1. The largest absolute Gasteiger partial charge is 0.357 e. The molecule has 0 aliphatic carbocycles. The molecule has 0 radical (unpaired) electrons. The number of aliphatic imine (C=N–C) groups is 1. The standard InChI is InChI=1S/C22H36FN5O.HI/c1-5-24-20(29)22(3,4)16-26-21(25-6-2)27-19-11-13-28(14-12-19)15-17-7-9-18(23)10-8-17;/h7-10,19H,5-6,11-16H2,1-4H3,(H,24,29)(H2,25,26,27);1H. The summed E-state index contributed by atoms with van der Waals surface area (Å²) in [5.41, 5.74) is 0.594. The highest BCUT2D eigenvalue weighted by Crippen LogP contribution is 2.16. The van der Waals surface area contributed by atoms with Crippen LogP contribution in [0.3, 0.4) is 0 Å². The van der Waals surface area contributed by atoms with Gasteiger partial charge in [0.2, 0.25) is 5.91 Å². The molecule has 1 aliphatic rings. The number of likely N-dealkylation sites (tertiary alicyclic amines) is 1. The molecular weight excluding hydrogens is 496 g/mol. The molecule has 170 valence electrons. The minimum absolute atomic E-state index is 0. The van der Waals surface area contributed by atoms with Crippen molar-refractivity contribution in [1.82, 2.24) is 20.9 Å². The number of amides is 1. The Morgan fingerprint density at radius 3 is 2.30 bits per heavy atom. The minimum Gasteiger partial charge on any atom is -0.357 e. The van der Waals surface area contributed by atoms with Gasteiger partial charge >= 0.3 is 0 Å². The van der Waals surface area contributed by atoms with Crippen LogP contribution in [0, 0.1) is 11.2 Å². The summed E-state index contributed by atoms with van der Waals surface area (Å²) < 4.78 is 13.1. The predicted octanol–water partition coefficient (Wildman–Crippen LogP) is 3.13. The van der Waals surface area contributed by atoms with E-state index < -0.39 is 5.41 Å². The molecule has 2 rings (SSSR count). The molecule has 0 aromatic heterocycles. The summed E-state index contributed by atoms with van der Waals surface area (Å²) in [6.45, 7) is 12.4. The monoisotopic (exact) mass is 533 g/mol. The van der Waals surface area contributed by atoms with Crippen LogP contribution in [-0.4, -0.2) is 55.5 Å². The molecule has 8 heteroatoms. The van der Waals surface area contributed by atoms with E-state index in [4.69, 9.17) is 0 Å². The summed E-state index contributed by atoms with van der Waals surface area (Å²) >= 11 is 0. The van der Waals surface area contributed by atoms with Crippen LogP contribution in [0.1, 0.15) is 46.1 Å². The first-order valence-corrected chi connectivity index (χ1v) is 10.6. The zero-order valence-electron chi connectivity index (χ0n) is 18.6. The van der Waals surface area contributed by atoms with Crippen molar-refractivity contribution in [1.29, 1.82) is 0 Å². The number of hydrogen-bond donors (Lipinski definition) is 3. The van der Waals surface area contributed by atoms with E-state index in [1.54, 1.807) is 0 Å². The lowest BCUT2D eigenvalue weighted by Crippen LogP contribution is -2.49. The second-order valence-corrected chi connectivity index (χ2v) is 8.26. The van der Waals surface area contributed by atoms with Gasteiger partial charge in [0.1, 0.15) is 5.82 Å². The van der Waals surface area contributed by atoms with Gasteiger partial charge in [0.05, 0.1) is 12.0 Å². The van der Waals surface area contributed by atoms with Crippen molar-refractivity contribution in [3.63, 3.8) is 0 Å². The van der Waals surface area contributed by atoms with Crippen molar-refractivity contribution >= 4 is 35.8 Å². The van der Waals surface area contributed by atoms with Crippen LogP contribution in [0.5, 0.6) is 0 Å². The van der Waals surface area contributed by atoms with E-state index >= 15 is 0 Å². The number of guanidine groups is 1. The van der Waals surface area contributed by atoms with Crippen molar-refractivity contribution < 1.29 is 9.18 Å². The van der Waals surface area contributed by atoms with Crippen LogP contribution in [0.2, 0.25) is 0 Å². The SMILES string of the molecule is CCNC(=O)C(C)(C)CN=C(NCC)NC1CCN(Cc2ccc(F)cc2)CC1.I. The first kappa shape index (κ1) is 26.6. The lowest BCUT2D eigenvalue weighted by molar-refractivity contribution is -0.128. The van der Waals surface area contributed by atoms with Crippen molar-refractivity contribution in [2.45, 2.75) is 53.1 Å². The molecule has 0 unspecified atom stereocenters. The summed E-state index contributed by atoms with van der Waals surface area (Å²) in [7, 11) is 0. The Morgan fingerprint density at radius 2 is 1.73 bits per heavy atom. The molecule has 1 amide bonds. The van der Waals surface area contributed by atoms with Gasteiger partial charge in [-0.1, -0.05) is 12.1 Å².